The van der Waals surface area contributed by atoms with Gasteiger partial charge < -0.3 is 9.47 Å². The lowest BCUT2D eigenvalue weighted by Gasteiger charge is -2.14. The number of nitrogens with zero attached hydrogens (tertiary/aromatic N) is 1. The van der Waals surface area contributed by atoms with Crippen LogP contribution in [0.3, 0.4) is 0 Å². The SMILES string of the molecule is COC(=O)c1ccc(OC(F)(F)F)c(C#N)c1C(F)F. The molecule has 1 aromatic rings. The van der Waals surface area contributed by atoms with Crippen LogP contribution in [-0.2, 0) is 4.74 Å². The molecule has 0 spiro atoms. The second kappa shape index (κ2) is 5.73. The first-order valence-electron chi connectivity index (χ1n) is 4.90. The summed E-state index contributed by atoms with van der Waals surface area (Å²) >= 11 is 0. The number of alkyl halides is 5. The highest BCUT2D eigenvalue weighted by Crippen LogP contribution is 2.35. The lowest BCUT2D eigenvalue weighted by atomic mass is 10.0. The number of nitriles is 1. The Morgan fingerprint density at radius 1 is 1.35 bits per heavy atom. The van der Waals surface area contributed by atoms with Crippen molar-refractivity contribution in [3.05, 3.63) is 28.8 Å². The van der Waals surface area contributed by atoms with Gasteiger partial charge >= 0.3 is 12.3 Å². The Hall–Kier alpha value is -2.37. The molecule has 0 bridgehead atoms. The van der Waals surface area contributed by atoms with Crippen molar-refractivity contribution in [3.63, 3.8) is 0 Å². The summed E-state index contributed by atoms with van der Waals surface area (Å²) in [6.45, 7) is 0. The normalized spacial score (nSPS) is 11.1. The van der Waals surface area contributed by atoms with Gasteiger partial charge in [0.15, 0.2) is 0 Å². The molecule has 0 saturated heterocycles. The lowest BCUT2D eigenvalue weighted by molar-refractivity contribution is -0.274. The third-order valence-electron chi connectivity index (χ3n) is 2.17. The Labute approximate surface area is 109 Å². The number of rotatable bonds is 3. The zero-order valence-electron chi connectivity index (χ0n) is 9.79. The van der Waals surface area contributed by atoms with Crippen LogP contribution in [0, 0.1) is 11.3 Å². The van der Waals surface area contributed by atoms with E-state index in [2.05, 4.69) is 9.47 Å². The van der Waals surface area contributed by atoms with Crippen LogP contribution in [0.2, 0.25) is 0 Å². The van der Waals surface area contributed by atoms with Crippen molar-refractivity contribution in [1.29, 1.82) is 5.26 Å². The Morgan fingerprint density at radius 3 is 2.35 bits per heavy atom. The molecule has 1 aromatic carbocycles. The summed E-state index contributed by atoms with van der Waals surface area (Å²) in [4.78, 5) is 11.3. The van der Waals surface area contributed by atoms with E-state index in [0.29, 0.717) is 12.1 Å². The van der Waals surface area contributed by atoms with Crippen LogP contribution in [0.1, 0.15) is 27.9 Å². The van der Waals surface area contributed by atoms with Crippen LogP contribution in [0.5, 0.6) is 5.75 Å². The maximum absolute atomic E-state index is 12.9. The topological polar surface area (TPSA) is 59.3 Å². The second-order valence-corrected chi connectivity index (χ2v) is 3.35. The summed E-state index contributed by atoms with van der Waals surface area (Å²) in [5, 5.41) is 8.74. The second-order valence-electron chi connectivity index (χ2n) is 3.35. The quantitative estimate of drug-likeness (QED) is 0.634. The Kier molecular flexibility index (Phi) is 4.49. The fourth-order valence-corrected chi connectivity index (χ4v) is 1.44. The molecule has 108 valence electrons. The smallest absolute Gasteiger partial charge is 0.465 e. The molecule has 0 heterocycles. The molecule has 0 aromatic heterocycles. The van der Waals surface area contributed by atoms with Crippen molar-refractivity contribution in [2.24, 2.45) is 0 Å². The Morgan fingerprint density at radius 2 is 1.95 bits per heavy atom. The van der Waals surface area contributed by atoms with Crippen LogP contribution in [0.15, 0.2) is 12.1 Å². The van der Waals surface area contributed by atoms with Crippen LogP contribution >= 0.6 is 0 Å². The summed E-state index contributed by atoms with van der Waals surface area (Å²) in [5.74, 6) is -2.31. The fourth-order valence-electron chi connectivity index (χ4n) is 1.44. The molecule has 0 amide bonds. The minimum absolute atomic E-state index is 0.601. The number of halogens is 5. The summed E-state index contributed by atoms with van der Waals surface area (Å²) < 4.78 is 69.8. The highest BCUT2D eigenvalue weighted by atomic mass is 19.4. The maximum Gasteiger partial charge on any atom is 0.573 e. The predicted molar refractivity (Wildman–Crippen MR) is 54.1 cm³/mol. The van der Waals surface area contributed by atoms with Gasteiger partial charge in [0.2, 0.25) is 0 Å². The molecule has 20 heavy (non-hydrogen) atoms. The van der Waals surface area contributed by atoms with Crippen molar-refractivity contribution >= 4 is 5.97 Å². The summed E-state index contributed by atoms with van der Waals surface area (Å²) in [6.07, 6.45) is -8.51. The Balaban J connectivity index is 3.51. The average molecular weight is 295 g/mol. The van der Waals surface area contributed by atoms with Gasteiger partial charge in [-0.3, -0.25) is 0 Å². The summed E-state index contributed by atoms with van der Waals surface area (Å²) in [7, 11) is 0.907. The minimum atomic E-state index is -5.15. The van der Waals surface area contributed by atoms with Crippen LogP contribution < -0.4 is 4.74 Å². The van der Waals surface area contributed by atoms with E-state index in [1.807, 2.05) is 0 Å². The van der Waals surface area contributed by atoms with E-state index >= 15 is 0 Å². The number of hydrogen-bond acceptors (Lipinski definition) is 4. The van der Waals surface area contributed by atoms with Gasteiger partial charge in [0.05, 0.1) is 18.2 Å². The van der Waals surface area contributed by atoms with Gasteiger partial charge in [-0.15, -0.1) is 13.2 Å². The first-order valence-corrected chi connectivity index (χ1v) is 4.90. The molecular weight excluding hydrogens is 289 g/mol. The summed E-state index contributed by atoms with van der Waals surface area (Å²) in [6, 6.07) is 2.45. The van der Waals surface area contributed by atoms with Crippen LogP contribution in [0.4, 0.5) is 22.0 Å². The molecule has 0 atom stereocenters. The van der Waals surface area contributed by atoms with Gasteiger partial charge in [0, 0.05) is 0 Å². The summed E-state index contributed by atoms with van der Waals surface area (Å²) in [5.41, 5.74) is -2.94. The monoisotopic (exact) mass is 295 g/mol. The molecule has 0 radical (unpaired) electrons. The van der Waals surface area contributed by atoms with E-state index < -0.39 is 41.2 Å². The van der Waals surface area contributed by atoms with E-state index in [1.54, 1.807) is 0 Å². The van der Waals surface area contributed by atoms with E-state index in [0.717, 1.165) is 7.11 Å². The van der Waals surface area contributed by atoms with Crippen LogP contribution in [-0.4, -0.2) is 19.4 Å². The van der Waals surface area contributed by atoms with Gasteiger partial charge in [0.25, 0.3) is 6.43 Å². The zero-order valence-corrected chi connectivity index (χ0v) is 9.79. The zero-order chi connectivity index (χ0) is 15.5. The molecule has 0 N–H and O–H groups in total. The van der Waals surface area contributed by atoms with E-state index in [9.17, 15) is 26.7 Å². The maximum atomic E-state index is 12.9. The number of ether oxygens (including phenoxy) is 2. The van der Waals surface area contributed by atoms with Crippen molar-refractivity contribution in [1.82, 2.24) is 0 Å². The Bertz CT molecular complexity index is 562. The highest BCUT2D eigenvalue weighted by Gasteiger charge is 2.34. The average Bonchev–Trinajstić information content (AvgIpc) is 2.35. The molecule has 0 saturated carbocycles. The molecular formula is C11H6F5NO3. The first-order chi connectivity index (χ1) is 9.21. The molecule has 0 fully saturated rings. The number of carbonyl (C=O) groups is 1. The highest BCUT2D eigenvalue weighted by molar-refractivity contribution is 5.92. The van der Waals surface area contributed by atoms with Crippen molar-refractivity contribution in [2.45, 2.75) is 12.8 Å². The minimum Gasteiger partial charge on any atom is -0.465 e. The van der Waals surface area contributed by atoms with Crippen molar-refractivity contribution in [3.8, 4) is 11.8 Å². The molecule has 0 aliphatic rings. The van der Waals surface area contributed by atoms with Crippen molar-refractivity contribution in [2.75, 3.05) is 7.11 Å². The third kappa shape index (κ3) is 3.34. The number of carbonyl (C=O) groups excluding carboxylic acids is 1. The van der Waals surface area contributed by atoms with E-state index in [1.165, 1.54) is 6.07 Å². The van der Waals surface area contributed by atoms with Crippen molar-refractivity contribution < 1.29 is 36.2 Å². The standard InChI is InChI=1S/C11H6F5NO3/c1-19-10(18)5-2-3-7(20-11(14,15)16)6(4-17)8(5)9(12)13/h2-3,9H,1H3. The number of hydrogen-bond donors (Lipinski definition) is 0. The third-order valence-corrected chi connectivity index (χ3v) is 2.17. The van der Waals surface area contributed by atoms with Gasteiger partial charge in [-0.2, -0.15) is 5.26 Å². The largest absolute Gasteiger partial charge is 0.573 e. The molecule has 9 heteroatoms. The van der Waals surface area contributed by atoms with Gasteiger partial charge in [-0.1, -0.05) is 0 Å². The number of esters is 1. The number of benzene rings is 1. The molecule has 1 rings (SSSR count). The molecule has 0 aliphatic heterocycles. The van der Waals surface area contributed by atoms with Gasteiger partial charge in [-0.05, 0) is 12.1 Å². The van der Waals surface area contributed by atoms with Gasteiger partial charge in [-0.25, -0.2) is 13.6 Å². The van der Waals surface area contributed by atoms with E-state index in [-0.39, 0.29) is 0 Å². The van der Waals surface area contributed by atoms with E-state index in [4.69, 9.17) is 5.26 Å². The first kappa shape index (κ1) is 15.7. The molecule has 0 unspecified atom stereocenters. The van der Waals surface area contributed by atoms with Crippen LogP contribution in [0.25, 0.3) is 0 Å². The number of methoxy groups -OCH3 is 1. The molecule has 0 aliphatic carbocycles. The fraction of sp³-hybridized carbons (Fsp3) is 0.273. The lowest BCUT2D eigenvalue weighted by Crippen LogP contribution is -2.19. The predicted octanol–water partition coefficient (Wildman–Crippen LogP) is 3.18. The molecule has 4 nitrogen and oxygen atoms in total. The van der Waals surface area contributed by atoms with Gasteiger partial charge in [0.1, 0.15) is 17.4 Å².